The summed E-state index contributed by atoms with van der Waals surface area (Å²) >= 11 is 1.71. The second kappa shape index (κ2) is 10.5. The first kappa shape index (κ1) is 19.8. The SMILES string of the molecule is CCNC(=NCc1nc(C)c(C)s1)NCCc1cccnc1.I. The standard InChI is InChI=1S/C16H23N5S.HI/c1-4-18-16(19-9-7-14-6-5-8-17-10-14)20-11-15-21-12(2)13(3)22-15;/h5-6,8,10H,4,7,9,11H2,1-3H3,(H2,18,19,20);1H. The molecule has 0 saturated heterocycles. The van der Waals surface area contributed by atoms with Crippen LogP contribution in [0.3, 0.4) is 0 Å². The van der Waals surface area contributed by atoms with Gasteiger partial charge >= 0.3 is 0 Å². The van der Waals surface area contributed by atoms with Crippen LogP contribution in [0.5, 0.6) is 0 Å². The van der Waals surface area contributed by atoms with Crippen LogP contribution in [-0.4, -0.2) is 29.0 Å². The molecule has 2 aromatic heterocycles. The van der Waals surface area contributed by atoms with Crippen LogP contribution in [0.25, 0.3) is 0 Å². The Kier molecular flexibility index (Phi) is 9.08. The van der Waals surface area contributed by atoms with Crippen LogP contribution in [0.1, 0.15) is 28.1 Å². The Bertz CT molecular complexity index is 593. The van der Waals surface area contributed by atoms with Crippen LogP contribution in [0.2, 0.25) is 0 Å². The number of thiazole rings is 1. The van der Waals surface area contributed by atoms with E-state index in [1.165, 1.54) is 10.4 Å². The summed E-state index contributed by atoms with van der Waals surface area (Å²) in [7, 11) is 0. The van der Waals surface area contributed by atoms with Crippen molar-refractivity contribution in [2.24, 2.45) is 4.99 Å². The van der Waals surface area contributed by atoms with Crippen LogP contribution in [0, 0.1) is 13.8 Å². The summed E-state index contributed by atoms with van der Waals surface area (Å²) in [4.78, 5) is 14.5. The number of rotatable bonds is 6. The smallest absolute Gasteiger partial charge is 0.191 e. The molecule has 0 aromatic carbocycles. The molecule has 0 atom stereocenters. The van der Waals surface area contributed by atoms with Crippen molar-refractivity contribution >= 4 is 41.3 Å². The molecule has 0 aliphatic rings. The van der Waals surface area contributed by atoms with Crippen molar-refractivity contribution in [2.45, 2.75) is 33.7 Å². The van der Waals surface area contributed by atoms with Gasteiger partial charge in [-0.3, -0.25) is 4.98 Å². The molecule has 0 unspecified atom stereocenters. The van der Waals surface area contributed by atoms with Gasteiger partial charge < -0.3 is 10.6 Å². The summed E-state index contributed by atoms with van der Waals surface area (Å²) in [5.41, 5.74) is 2.32. The van der Waals surface area contributed by atoms with Gasteiger partial charge in [0.1, 0.15) is 5.01 Å². The number of nitrogens with one attached hydrogen (secondary N) is 2. The summed E-state index contributed by atoms with van der Waals surface area (Å²) in [6, 6.07) is 4.04. The fourth-order valence-electron chi connectivity index (χ4n) is 1.97. The van der Waals surface area contributed by atoms with E-state index >= 15 is 0 Å². The Morgan fingerprint density at radius 2 is 2.13 bits per heavy atom. The monoisotopic (exact) mass is 445 g/mol. The van der Waals surface area contributed by atoms with E-state index in [9.17, 15) is 0 Å². The van der Waals surface area contributed by atoms with Crippen molar-refractivity contribution < 1.29 is 0 Å². The number of aliphatic imine (C=N–C) groups is 1. The van der Waals surface area contributed by atoms with Crippen molar-refractivity contribution in [3.63, 3.8) is 0 Å². The molecule has 7 heteroatoms. The molecule has 0 spiro atoms. The second-order valence-electron chi connectivity index (χ2n) is 4.98. The summed E-state index contributed by atoms with van der Waals surface area (Å²) in [5.74, 6) is 0.830. The minimum Gasteiger partial charge on any atom is -0.357 e. The van der Waals surface area contributed by atoms with Gasteiger partial charge in [-0.1, -0.05) is 6.07 Å². The maximum absolute atomic E-state index is 4.60. The molecule has 0 aliphatic heterocycles. The lowest BCUT2D eigenvalue weighted by Gasteiger charge is -2.10. The van der Waals surface area contributed by atoms with Crippen LogP contribution in [0.4, 0.5) is 0 Å². The summed E-state index contributed by atoms with van der Waals surface area (Å²) in [5, 5.41) is 7.66. The number of guanidine groups is 1. The first-order valence-electron chi connectivity index (χ1n) is 7.53. The number of pyridine rings is 1. The first-order chi connectivity index (χ1) is 10.7. The Hall–Kier alpha value is -1.22. The van der Waals surface area contributed by atoms with Gasteiger partial charge in [0.05, 0.1) is 12.2 Å². The maximum atomic E-state index is 4.60. The van der Waals surface area contributed by atoms with E-state index in [1.807, 2.05) is 19.2 Å². The number of aromatic nitrogens is 2. The van der Waals surface area contributed by atoms with Crippen molar-refractivity contribution in [2.75, 3.05) is 13.1 Å². The highest BCUT2D eigenvalue weighted by Gasteiger charge is 2.03. The third-order valence-electron chi connectivity index (χ3n) is 3.22. The highest BCUT2D eigenvalue weighted by molar-refractivity contribution is 14.0. The predicted octanol–water partition coefficient (Wildman–Crippen LogP) is 3.07. The molecule has 2 aromatic rings. The number of nitrogens with zero attached hydrogens (tertiary/aromatic N) is 3. The molecular formula is C16H24IN5S. The highest BCUT2D eigenvalue weighted by Crippen LogP contribution is 2.16. The highest BCUT2D eigenvalue weighted by atomic mass is 127. The molecule has 23 heavy (non-hydrogen) atoms. The van der Waals surface area contributed by atoms with E-state index in [0.29, 0.717) is 6.54 Å². The Morgan fingerprint density at radius 3 is 2.74 bits per heavy atom. The zero-order valence-electron chi connectivity index (χ0n) is 13.8. The van der Waals surface area contributed by atoms with Gasteiger partial charge in [-0.05, 0) is 38.8 Å². The largest absolute Gasteiger partial charge is 0.357 e. The number of hydrogen-bond acceptors (Lipinski definition) is 4. The van der Waals surface area contributed by atoms with Crippen molar-refractivity contribution in [1.29, 1.82) is 0 Å². The van der Waals surface area contributed by atoms with E-state index in [-0.39, 0.29) is 24.0 Å². The van der Waals surface area contributed by atoms with Crippen LogP contribution in [-0.2, 0) is 13.0 Å². The van der Waals surface area contributed by atoms with Crippen molar-refractivity contribution in [3.8, 4) is 0 Å². The van der Waals surface area contributed by atoms with E-state index in [2.05, 4.69) is 45.5 Å². The molecule has 2 rings (SSSR count). The van der Waals surface area contributed by atoms with E-state index < -0.39 is 0 Å². The third-order valence-corrected chi connectivity index (χ3v) is 4.28. The molecule has 0 radical (unpaired) electrons. The molecule has 2 N–H and O–H groups in total. The second-order valence-corrected chi connectivity index (χ2v) is 6.27. The molecule has 0 bridgehead atoms. The van der Waals surface area contributed by atoms with Gasteiger partial charge in [-0.15, -0.1) is 35.3 Å². The molecule has 126 valence electrons. The van der Waals surface area contributed by atoms with Crippen LogP contribution < -0.4 is 10.6 Å². The van der Waals surface area contributed by atoms with Gasteiger partial charge in [-0.2, -0.15) is 0 Å². The molecule has 0 aliphatic carbocycles. The molecule has 0 amide bonds. The normalized spacial score (nSPS) is 11.0. The molecule has 5 nitrogen and oxygen atoms in total. The average Bonchev–Trinajstić information content (AvgIpc) is 2.84. The molecular weight excluding hydrogens is 421 g/mol. The maximum Gasteiger partial charge on any atom is 0.191 e. The zero-order valence-corrected chi connectivity index (χ0v) is 16.9. The fraction of sp³-hybridized carbons (Fsp3) is 0.438. The Morgan fingerprint density at radius 1 is 1.30 bits per heavy atom. The van der Waals surface area contributed by atoms with E-state index in [0.717, 1.165) is 36.2 Å². The van der Waals surface area contributed by atoms with Gasteiger partial charge in [-0.25, -0.2) is 9.98 Å². The summed E-state index contributed by atoms with van der Waals surface area (Å²) in [6.45, 7) is 8.48. The van der Waals surface area contributed by atoms with Crippen LogP contribution >= 0.6 is 35.3 Å². The minimum atomic E-state index is 0. The first-order valence-corrected chi connectivity index (χ1v) is 8.34. The van der Waals surface area contributed by atoms with Gasteiger partial charge in [0.2, 0.25) is 0 Å². The lowest BCUT2D eigenvalue weighted by atomic mass is 10.2. The van der Waals surface area contributed by atoms with Crippen molar-refractivity contribution in [1.82, 2.24) is 20.6 Å². The molecule has 0 saturated carbocycles. The minimum absolute atomic E-state index is 0. The lowest BCUT2D eigenvalue weighted by Crippen LogP contribution is -2.38. The lowest BCUT2D eigenvalue weighted by molar-refractivity contribution is 0.797. The quantitative estimate of drug-likeness (QED) is 0.408. The number of aryl methyl sites for hydroxylation is 2. The third kappa shape index (κ3) is 6.82. The van der Waals surface area contributed by atoms with Crippen molar-refractivity contribution in [3.05, 3.63) is 45.7 Å². The van der Waals surface area contributed by atoms with E-state index in [4.69, 9.17) is 0 Å². The molecule has 0 fully saturated rings. The predicted molar refractivity (Wildman–Crippen MR) is 108 cm³/mol. The van der Waals surface area contributed by atoms with E-state index in [1.54, 1.807) is 17.5 Å². The van der Waals surface area contributed by atoms with Gasteiger partial charge in [0.15, 0.2) is 5.96 Å². The summed E-state index contributed by atoms with van der Waals surface area (Å²) < 4.78 is 0. The number of hydrogen-bond donors (Lipinski definition) is 2. The Labute approximate surface area is 159 Å². The average molecular weight is 445 g/mol. The van der Waals surface area contributed by atoms with Gasteiger partial charge in [0, 0.05) is 30.4 Å². The fourth-order valence-corrected chi connectivity index (χ4v) is 2.82. The van der Waals surface area contributed by atoms with Gasteiger partial charge in [0.25, 0.3) is 0 Å². The molecule has 2 heterocycles. The number of halogens is 1. The topological polar surface area (TPSA) is 62.2 Å². The zero-order chi connectivity index (χ0) is 15.8. The summed E-state index contributed by atoms with van der Waals surface area (Å²) in [6.07, 6.45) is 4.61. The van der Waals surface area contributed by atoms with Crippen LogP contribution in [0.15, 0.2) is 29.5 Å². The Balaban J connectivity index is 0.00000264.